The number of amides is 2. The highest BCUT2D eigenvalue weighted by Gasteiger charge is 2.28. The lowest BCUT2D eigenvalue weighted by molar-refractivity contribution is -0.139. The van der Waals surface area contributed by atoms with Gasteiger partial charge >= 0.3 is 12.0 Å². The number of hydrogen-bond donors (Lipinski definition) is 2. The van der Waals surface area contributed by atoms with E-state index in [0.29, 0.717) is 30.8 Å². The lowest BCUT2D eigenvalue weighted by Crippen LogP contribution is -2.47. The molecule has 0 aromatic heterocycles. The van der Waals surface area contributed by atoms with Crippen molar-refractivity contribution < 1.29 is 19.1 Å². The fourth-order valence-electron chi connectivity index (χ4n) is 2.28. The molecule has 21 heavy (non-hydrogen) atoms. The van der Waals surface area contributed by atoms with Gasteiger partial charge in [-0.25, -0.2) is 14.0 Å². The first-order chi connectivity index (χ1) is 10.0. The molecule has 0 radical (unpaired) electrons. The Kier molecular flexibility index (Phi) is 5.06. The second-order valence-corrected chi connectivity index (χ2v) is 5.78. The Morgan fingerprint density at radius 1 is 1.52 bits per heavy atom. The minimum atomic E-state index is -1.06. The average molecular weight is 312 g/mol. The van der Waals surface area contributed by atoms with E-state index in [4.69, 9.17) is 5.11 Å². The van der Waals surface area contributed by atoms with Crippen LogP contribution < -0.4 is 10.2 Å². The number of benzene rings is 1. The number of halogens is 1. The third-order valence-electron chi connectivity index (χ3n) is 3.39. The summed E-state index contributed by atoms with van der Waals surface area (Å²) in [7, 11) is 0. The monoisotopic (exact) mass is 312 g/mol. The van der Waals surface area contributed by atoms with Gasteiger partial charge in [0.05, 0.1) is 5.69 Å². The molecular weight excluding hydrogens is 295 g/mol. The number of thioether (sulfide) groups is 1. The first kappa shape index (κ1) is 15.6. The van der Waals surface area contributed by atoms with Crippen molar-refractivity contribution in [2.24, 2.45) is 0 Å². The number of anilines is 1. The van der Waals surface area contributed by atoms with E-state index in [1.165, 1.54) is 28.8 Å². The Bertz CT molecular complexity index is 553. The molecule has 0 spiro atoms. The molecular formula is C14H17FN2O3S. The molecule has 0 fully saturated rings. The summed E-state index contributed by atoms with van der Waals surface area (Å²) in [6.07, 6.45) is 2.87. The van der Waals surface area contributed by atoms with Crippen molar-refractivity contribution in [3.63, 3.8) is 0 Å². The molecule has 1 atom stereocenters. The molecule has 0 saturated carbocycles. The van der Waals surface area contributed by atoms with Gasteiger partial charge in [0.1, 0.15) is 11.9 Å². The number of nitrogens with one attached hydrogen (secondary N) is 1. The number of carboxylic acids is 1. The minimum Gasteiger partial charge on any atom is -0.480 e. The zero-order chi connectivity index (χ0) is 15.4. The van der Waals surface area contributed by atoms with Gasteiger partial charge in [-0.3, -0.25) is 4.90 Å². The molecule has 2 rings (SSSR count). The highest BCUT2D eigenvalue weighted by Crippen LogP contribution is 2.28. The second-order valence-electron chi connectivity index (χ2n) is 4.80. The molecule has 0 unspecified atom stereocenters. The molecule has 0 saturated heterocycles. The predicted octanol–water partition coefficient (Wildman–Crippen LogP) is 2.10. The van der Waals surface area contributed by atoms with Crippen LogP contribution in [0.5, 0.6) is 0 Å². The number of rotatable bonds is 5. The number of aliphatic carboxylic acids is 1. The van der Waals surface area contributed by atoms with Crippen molar-refractivity contribution in [1.82, 2.24) is 5.32 Å². The van der Waals surface area contributed by atoms with Crippen LogP contribution in [0.4, 0.5) is 14.9 Å². The minimum absolute atomic E-state index is 0.353. The van der Waals surface area contributed by atoms with Crippen LogP contribution in [0.1, 0.15) is 12.0 Å². The maximum Gasteiger partial charge on any atom is 0.326 e. The zero-order valence-corrected chi connectivity index (χ0v) is 12.5. The van der Waals surface area contributed by atoms with E-state index >= 15 is 0 Å². The Morgan fingerprint density at radius 2 is 2.29 bits per heavy atom. The van der Waals surface area contributed by atoms with Gasteiger partial charge in [-0.2, -0.15) is 11.8 Å². The molecule has 0 aliphatic carbocycles. The molecule has 1 heterocycles. The number of fused-ring (bicyclic) bond motifs is 1. The maximum atomic E-state index is 13.3. The summed E-state index contributed by atoms with van der Waals surface area (Å²) < 4.78 is 13.3. The van der Waals surface area contributed by atoms with Crippen LogP contribution in [0.3, 0.4) is 0 Å². The third-order valence-corrected chi connectivity index (χ3v) is 4.04. The summed E-state index contributed by atoms with van der Waals surface area (Å²) in [6.45, 7) is 0.430. The van der Waals surface area contributed by atoms with Crippen LogP contribution in [-0.2, 0) is 11.2 Å². The lowest BCUT2D eigenvalue weighted by Gasteiger charge is -2.21. The number of urea groups is 1. The Morgan fingerprint density at radius 3 is 2.95 bits per heavy atom. The van der Waals surface area contributed by atoms with E-state index in [1.54, 1.807) is 6.07 Å². The van der Waals surface area contributed by atoms with Crippen LogP contribution in [0, 0.1) is 5.82 Å². The van der Waals surface area contributed by atoms with Gasteiger partial charge in [-0.15, -0.1) is 0 Å². The van der Waals surface area contributed by atoms with Gasteiger partial charge in [0.2, 0.25) is 0 Å². The summed E-state index contributed by atoms with van der Waals surface area (Å²) in [5.74, 6) is -0.829. The van der Waals surface area contributed by atoms with Gasteiger partial charge in [0.25, 0.3) is 0 Å². The number of hydrogen-bond acceptors (Lipinski definition) is 3. The van der Waals surface area contributed by atoms with Crippen molar-refractivity contribution in [2.75, 3.05) is 23.5 Å². The van der Waals surface area contributed by atoms with E-state index in [0.717, 1.165) is 5.56 Å². The van der Waals surface area contributed by atoms with Crippen molar-refractivity contribution in [3.8, 4) is 0 Å². The average Bonchev–Trinajstić information content (AvgIpc) is 2.85. The maximum absolute atomic E-state index is 13.3. The fourth-order valence-corrected chi connectivity index (χ4v) is 2.75. The van der Waals surface area contributed by atoms with Crippen LogP contribution >= 0.6 is 11.8 Å². The molecule has 5 nitrogen and oxygen atoms in total. The van der Waals surface area contributed by atoms with Crippen LogP contribution in [0.2, 0.25) is 0 Å². The third kappa shape index (κ3) is 3.66. The van der Waals surface area contributed by atoms with E-state index in [2.05, 4.69) is 5.32 Å². The van der Waals surface area contributed by atoms with Crippen molar-refractivity contribution in [1.29, 1.82) is 0 Å². The van der Waals surface area contributed by atoms with Crippen molar-refractivity contribution in [3.05, 3.63) is 29.6 Å². The van der Waals surface area contributed by atoms with Crippen LogP contribution in [0.25, 0.3) is 0 Å². The largest absolute Gasteiger partial charge is 0.480 e. The molecule has 1 aliphatic heterocycles. The smallest absolute Gasteiger partial charge is 0.326 e. The number of carbonyl (C=O) groups excluding carboxylic acids is 1. The second kappa shape index (κ2) is 6.80. The molecule has 1 aromatic rings. The molecule has 114 valence electrons. The van der Waals surface area contributed by atoms with E-state index in [9.17, 15) is 14.0 Å². The van der Waals surface area contributed by atoms with Crippen LogP contribution in [0.15, 0.2) is 18.2 Å². The molecule has 1 aliphatic rings. The van der Waals surface area contributed by atoms with E-state index < -0.39 is 23.9 Å². The summed E-state index contributed by atoms with van der Waals surface area (Å²) in [5, 5.41) is 11.6. The predicted molar refractivity (Wildman–Crippen MR) is 80.4 cm³/mol. The Labute approximate surface area is 126 Å². The normalized spacial score (nSPS) is 14.7. The van der Waals surface area contributed by atoms with Crippen molar-refractivity contribution >= 4 is 29.4 Å². The molecule has 0 bridgehead atoms. The summed E-state index contributed by atoms with van der Waals surface area (Å²) >= 11 is 1.52. The summed E-state index contributed by atoms with van der Waals surface area (Å²) in [6, 6.07) is 2.90. The van der Waals surface area contributed by atoms with Gasteiger partial charge < -0.3 is 10.4 Å². The highest BCUT2D eigenvalue weighted by molar-refractivity contribution is 7.98. The first-order valence-corrected chi connectivity index (χ1v) is 8.00. The number of carboxylic acid groups (broad SMARTS) is 1. The first-order valence-electron chi connectivity index (χ1n) is 6.61. The molecule has 1 aromatic carbocycles. The van der Waals surface area contributed by atoms with Gasteiger partial charge in [-0.05, 0) is 42.5 Å². The van der Waals surface area contributed by atoms with Gasteiger partial charge in [0, 0.05) is 6.54 Å². The van der Waals surface area contributed by atoms with E-state index in [1.807, 2.05) is 6.26 Å². The summed E-state index contributed by atoms with van der Waals surface area (Å²) in [5.41, 5.74) is 1.41. The number of carbonyl (C=O) groups is 2. The standard InChI is InChI=1S/C14H17FN2O3S/c1-21-7-5-11(13(18)19)16-14(20)17-6-4-9-2-3-10(15)8-12(9)17/h2-3,8,11H,4-7H2,1H3,(H,16,20)(H,18,19)/t11-/m1/s1. The summed E-state index contributed by atoms with van der Waals surface area (Å²) in [4.78, 5) is 24.8. The van der Waals surface area contributed by atoms with Crippen molar-refractivity contribution in [2.45, 2.75) is 18.9 Å². The van der Waals surface area contributed by atoms with E-state index in [-0.39, 0.29) is 0 Å². The zero-order valence-electron chi connectivity index (χ0n) is 11.6. The number of nitrogens with zero attached hydrogens (tertiary/aromatic N) is 1. The fraction of sp³-hybridized carbons (Fsp3) is 0.429. The Hall–Kier alpha value is -1.76. The lowest BCUT2D eigenvalue weighted by atomic mass is 10.2. The SMILES string of the molecule is CSCC[C@@H](NC(=O)N1CCc2ccc(F)cc21)C(=O)O. The molecule has 2 N–H and O–H groups in total. The quantitative estimate of drug-likeness (QED) is 0.873. The van der Waals surface area contributed by atoms with Crippen LogP contribution in [-0.4, -0.2) is 41.7 Å². The molecule has 7 heteroatoms. The van der Waals surface area contributed by atoms with Gasteiger partial charge in [0.15, 0.2) is 0 Å². The Balaban J connectivity index is 2.08. The van der Waals surface area contributed by atoms with Gasteiger partial charge in [-0.1, -0.05) is 6.07 Å². The molecule has 2 amide bonds. The highest BCUT2D eigenvalue weighted by atomic mass is 32.2. The topological polar surface area (TPSA) is 69.6 Å².